The van der Waals surface area contributed by atoms with Gasteiger partial charge in [-0.3, -0.25) is 14.6 Å². The lowest BCUT2D eigenvalue weighted by atomic mass is 10.1. The Morgan fingerprint density at radius 1 is 1.27 bits per heavy atom. The van der Waals surface area contributed by atoms with E-state index >= 15 is 0 Å². The van der Waals surface area contributed by atoms with Gasteiger partial charge in [0, 0.05) is 24.9 Å². The number of hydrogen-bond acceptors (Lipinski definition) is 4. The number of thioether (sulfide) groups is 1. The molecule has 0 aromatic heterocycles. The van der Waals surface area contributed by atoms with Gasteiger partial charge in [0.25, 0.3) is 17.8 Å². The van der Waals surface area contributed by atoms with E-state index in [1.165, 1.54) is 23.7 Å². The molecular formula is C18H20ClN4O2S+. The normalized spacial score (nSPS) is 19.8. The molecular weight excluding hydrogens is 372 g/mol. The van der Waals surface area contributed by atoms with Crippen LogP contribution in [0.4, 0.5) is 4.79 Å². The first-order chi connectivity index (χ1) is 12.3. The highest BCUT2D eigenvalue weighted by atomic mass is 35.5. The molecule has 1 saturated heterocycles. The van der Waals surface area contributed by atoms with E-state index in [0.717, 1.165) is 16.0 Å². The van der Waals surface area contributed by atoms with Gasteiger partial charge in [-0.25, -0.2) is 9.37 Å². The fraction of sp³-hybridized carbons (Fsp3) is 0.333. The fourth-order valence-corrected chi connectivity index (χ4v) is 3.98. The lowest BCUT2D eigenvalue weighted by Gasteiger charge is -2.30. The SMILES string of the molecule is C=C(C)C[N+]1=C(SCc2ccc(Cl)cc2)N=C2C1C(=O)N(C)C(=O)N2C. The van der Waals surface area contributed by atoms with Crippen molar-refractivity contribution in [3.05, 3.63) is 47.0 Å². The molecule has 2 heterocycles. The van der Waals surface area contributed by atoms with E-state index < -0.39 is 6.04 Å². The Hall–Kier alpha value is -2.12. The second-order valence-corrected chi connectivity index (χ2v) is 7.77. The number of carbonyl (C=O) groups excluding carboxylic acids is 2. The fourth-order valence-electron chi connectivity index (χ4n) is 2.87. The van der Waals surface area contributed by atoms with Crippen molar-refractivity contribution < 1.29 is 14.2 Å². The van der Waals surface area contributed by atoms with E-state index in [0.29, 0.717) is 28.3 Å². The minimum absolute atomic E-state index is 0.268. The second-order valence-electron chi connectivity index (χ2n) is 6.39. The van der Waals surface area contributed by atoms with Gasteiger partial charge in [-0.1, -0.05) is 30.3 Å². The Labute approximate surface area is 161 Å². The molecule has 136 valence electrons. The molecule has 2 aliphatic heterocycles. The average molecular weight is 392 g/mol. The van der Waals surface area contributed by atoms with Crippen molar-refractivity contribution in [1.29, 1.82) is 0 Å². The molecule has 3 rings (SSSR count). The zero-order chi connectivity index (χ0) is 19.0. The van der Waals surface area contributed by atoms with Gasteiger partial charge < -0.3 is 0 Å². The maximum Gasteiger partial charge on any atom is 0.358 e. The molecule has 1 atom stereocenters. The van der Waals surface area contributed by atoms with Gasteiger partial charge in [0.1, 0.15) is 6.54 Å². The number of likely N-dealkylation sites (N-methyl/N-ethyl adjacent to an activating group) is 2. The summed E-state index contributed by atoms with van der Waals surface area (Å²) in [5.74, 6) is 0.887. The van der Waals surface area contributed by atoms with Crippen LogP contribution in [0.5, 0.6) is 0 Å². The second kappa shape index (κ2) is 7.25. The molecule has 1 unspecified atom stereocenters. The third-order valence-electron chi connectivity index (χ3n) is 4.22. The van der Waals surface area contributed by atoms with E-state index in [1.54, 1.807) is 7.05 Å². The van der Waals surface area contributed by atoms with Crippen LogP contribution in [0.2, 0.25) is 5.02 Å². The monoisotopic (exact) mass is 391 g/mol. The lowest BCUT2D eigenvalue weighted by molar-refractivity contribution is -0.524. The number of amidine groups is 2. The number of benzene rings is 1. The average Bonchev–Trinajstić information content (AvgIpc) is 2.95. The van der Waals surface area contributed by atoms with Gasteiger partial charge in [-0.2, -0.15) is 0 Å². The van der Waals surface area contributed by atoms with Gasteiger partial charge in [-0.15, -0.1) is 0 Å². The highest BCUT2D eigenvalue weighted by Crippen LogP contribution is 2.25. The molecule has 0 aliphatic carbocycles. The Kier molecular flexibility index (Phi) is 5.20. The van der Waals surface area contributed by atoms with Crippen molar-refractivity contribution in [3.8, 4) is 0 Å². The molecule has 1 aromatic carbocycles. The molecule has 8 heteroatoms. The molecule has 0 bridgehead atoms. The molecule has 3 amide bonds. The standard InChI is InChI=1S/C18H20ClN4O2S/c1-11(2)9-23-14-15(21(3)18(25)22(4)16(14)24)20-17(23)26-10-12-5-7-13(19)8-6-12/h5-8,14H,1,9-10H2,2-4H3/q+1. The highest BCUT2D eigenvalue weighted by molar-refractivity contribution is 8.13. The molecule has 1 fully saturated rings. The molecule has 0 radical (unpaired) electrons. The van der Waals surface area contributed by atoms with Gasteiger partial charge in [0.05, 0.1) is 0 Å². The Balaban J connectivity index is 1.91. The summed E-state index contributed by atoms with van der Waals surface area (Å²) in [5.41, 5.74) is 2.02. The van der Waals surface area contributed by atoms with E-state index in [4.69, 9.17) is 11.6 Å². The zero-order valence-electron chi connectivity index (χ0n) is 14.9. The summed E-state index contributed by atoms with van der Waals surface area (Å²) in [6.07, 6.45) is 0. The predicted octanol–water partition coefficient (Wildman–Crippen LogP) is 2.82. The van der Waals surface area contributed by atoms with Crippen molar-refractivity contribution >= 4 is 46.3 Å². The first-order valence-corrected chi connectivity index (χ1v) is 9.45. The number of aliphatic imine (C=N–C) groups is 1. The van der Waals surface area contributed by atoms with Gasteiger partial charge in [0.2, 0.25) is 0 Å². The Bertz CT molecular complexity index is 847. The molecule has 26 heavy (non-hydrogen) atoms. The minimum atomic E-state index is -0.591. The van der Waals surface area contributed by atoms with Crippen molar-refractivity contribution in [3.63, 3.8) is 0 Å². The summed E-state index contributed by atoms with van der Waals surface area (Å²) in [6, 6.07) is 6.65. The number of halogens is 1. The first-order valence-electron chi connectivity index (χ1n) is 8.08. The Morgan fingerprint density at radius 2 is 1.92 bits per heavy atom. The summed E-state index contributed by atoms with van der Waals surface area (Å²) in [6.45, 7) is 6.37. The van der Waals surface area contributed by atoms with E-state index in [9.17, 15) is 9.59 Å². The number of urea groups is 1. The minimum Gasteiger partial charge on any atom is -0.269 e. The summed E-state index contributed by atoms with van der Waals surface area (Å²) in [4.78, 5) is 32.1. The number of rotatable bonds is 4. The smallest absolute Gasteiger partial charge is 0.269 e. The third-order valence-corrected chi connectivity index (χ3v) is 5.53. The summed E-state index contributed by atoms with van der Waals surface area (Å²) < 4.78 is 1.92. The summed E-state index contributed by atoms with van der Waals surface area (Å²) >= 11 is 7.46. The molecule has 1 aromatic rings. The summed E-state index contributed by atoms with van der Waals surface area (Å²) in [7, 11) is 3.14. The van der Waals surface area contributed by atoms with Gasteiger partial charge in [-0.05, 0) is 46.9 Å². The molecule has 2 aliphatic rings. The quantitative estimate of drug-likeness (QED) is 0.585. The van der Waals surface area contributed by atoms with Gasteiger partial charge >= 0.3 is 11.2 Å². The number of fused-ring (bicyclic) bond motifs is 1. The van der Waals surface area contributed by atoms with Crippen LogP contribution in [0.25, 0.3) is 0 Å². The van der Waals surface area contributed by atoms with Crippen LogP contribution in [0.15, 0.2) is 41.4 Å². The van der Waals surface area contributed by atoms with Crippen LogP contribution in [0, 0.1) is 0 Å². The van der Waals surface area contributed by atoms with Crippen molar-refractivity contribution in [2.24, 2.45) is 4.99 Å². The van der Waals surface area contributed by atoms with Crippen LogP contribution in [0.3, 0.4) is 0 Å². The van der Waals surface area contributed by atoms with Crippen LogP contribution >= 0.6 is 23.4 Å². The largest absolute Gasteiger partial charge is 0.358 e. The lowest BCUT2D eigenvalue weighted by Crippen LogP contribution is -2.61. The molecule has 0 spiro atoms. The molecule has 0 N–H and O–H groups in total. The number of imide groups is 1. The number of nitrogens with zero attached hydrogens (tertiary/aromatic N) is 4. The van der Waals surface area contributed by atoms with Crippen LogP contribution in [0.1, 0.15) is 12.5 Å². The van der Waals surface area contributed by atoms with Crippen molar-refractivity contribution in [1.82, 2.24) is 9.80 Å². The zero-order valence-corrected chi connectivity index (χ0v) is 16.5. The number of carbonyl (C=O) groups is 2. The van der Waals surface area contributed by atoms with Crippen LogP contribution < -0.4 is 0 Å². The topological polar surface area (TPSA) is 56.0 Å². The van der Waals surface area contributed by atoms with Crippen LogP contribution in [-0.2, 0) is 10.5 Å². The predicted molar refractivity (Wildman–Crippen MR) is 105 cm³/mol. The van der Waals surface area contributed by atoms with Gasteiger partial charge in [0.15, 0.2) is 0 Å². The van der Waals surface area contributed by atoms with E-state index in [2.05, 4.69) is 11.6 Å². The van der Waals surface area contributed by atoms with Crippen LogP contribution in [-0.4, -0.2) is 64.0 Å². The van der Waals surface area contributed by atoms with Crippen molar-refractivity contribution in [2.75, 3.05) is 20.6 Å². The maximum absolute atomic E-state index is 12.7. The highest BCUT2D eigenvalue weighted by Gasteiger charge is 2.53. The summed E-state index contributed by atoms with van der Waals surface area (Å²) in [5, 5.41) is 1.41. The third kappa shape index (κ3) is 3.41. The van der Waals surface area contributed by atoms with Crippen molar-refractivity contribution in [2.45, 2.75) is 18.7 Å². The number of amides is 3. The molecule has 0 saturated carbocycles. The van der Waals surface area contributed by atoms with E-state index in [1.807, 2.05) is 35.8 Å². The van der Waals surface area contributed by atoms with E-state index in [-0.39, 0.29) is 11.9 Å². The Morgan fingerprint density at radius 3 is 2.54 bits per heavy atom. The number of hydrogen-bond donors (Lipinski definition) is 0. The first kappa shape index (κ1) is 18.7. The molecule has 6 nitrogen and oxygen atoms in total. The maximum atomic E-state index is 12.7.